The molecule has 1 spiro atoms. The Bertz CT molecular complexity index is 1230. The van der Waals surface area contributed by atoms with E-state index in [1.807, 2.05) is 0 Å². The Labute approximate surface area is 180 Å². The van der Waals surface area contributed by atoms with Crippen molar-refractivity contribution >= 4 is 28.9 Å². The number of benzene rings is 1. The van der Waals surface area contributed by atoms with Crippen LogP contribution in [-0.4, -0.2) is 60.1 Å². The number of imide groups is 1. The zero-order valence-electron chi connectivity index (χ0n) is 16.8. The number of fused-ring (bicyclic) bond motifs is 1. The summed E-state index contributed by atoms with van der Waals surface area (Å²) in [5.41, 5.74) is 0.942. The maximum Gasteiger partial charge on any atom is 0.325 e. The van der Waals surface area contributed by atoms with Crippen molar-refractivity contribution in [2.45, 2.75) is 37.1 Å². The van der Waals surface area contributed by atoms with E-state index in [-0.39, 0.29) is 12.8 Å². The Hall–Kier alpha value is -3.76. The van der Waals surface area contributed by atoms with Crippen LogP contribution in [-0.2, 0) is 4.79 Å². The molecule has 2 fully saturated rings. The third kappa shape index (κ3) is 3.29. The van der Waals surface area contributed by atoms with Crippen LogP contribution < -0.4 is 5.32 Å². The average molecular weight is 440 g/mol. The van der Waals surface area contributed by atoms with Gasteiger partial charge in [-0.3, -0.25) is 19.1 Å². The van der Waals surface area contributed by atoms with E-state index < -0.39 is 48.6 Å². The summed E-state index contributed by atoms with van der Waals surface area (Å²) in [6.45, 7) is -0.454. The van der Waals surface area contributed by atoms with Crippen LogP contribution in [0.1, 0.15) is 36.0 Å². The number of carbonyl (C=O) groups excluding carboxylic acids is 3. The molecule has 1 aromatic carbocycles. The topological polar surface area (TPSA) is 110 Å². The predicted molar refractivity (Wildman–Crippen MR) is 107 cm³/mol. The van der Waals surface area contributed by atoms with Crippen molar-refractivity contribution in [3.63, 3.8) is 0 Å². The van der Waals surface area contributed by atoms with Gasteiger partial charge in [-0.05, 0) is 37.1 Å². The molecule has 1 aliphatic carbocycles. The molecule has 1 N–H and O–H groups in total. The van der Waals surface area contributed by atoms with Gasteiger partial charge in [-0.1, -0.05) is 0 Å². The molecule has 1 aliphatic heterocycles. The van der Waals surface area contributed by atoms with E-state index in [2.05, 4.69) is 20.3 Å². The minimum atomic E-state index is -2.84. The number of urea groups is 1. The number of nitrogens with zero attached hydrogens (tertiary/aromatic N) is 5. The molecule has 32 heavy (non-hydrogen) atoms. The number of hydrogen-bond acceptors (Lipinski definition) is 6. The zero-order chi connectivity index (χ0) is 22.5. The molecule has 3 aromatic rings. The van der Waals surface area contributed by atoms with Crippen LogP contribution >= 0.6 is 0 Å². The molecule has 0 radical (unpaired) electrons. The summed E-state index contributed by atoms with van der Waals surface area (Å²) >= 11 is 0. The predicted octanol–water partition coefficient (Wildman–Crippen LogP) is 2.50. The number of halogens is 2. The van der Waals surface area contributed by atoms with Crippen LogP contribution in [0.3, 0.4) is 0 Å². The molecule has 0 bridgehead atoms. The standard InChI is InChI=1S/C21H18F2N6O3/c22-21(23)7-5-20(6-8-21)18(31)28(19(32)27-20)10-16(30)13-1-3-14(4-2-13)29-12-26-17-15(29)9-24-11-25-17/h1-4,9,11-12H,5-8,10H2,(H,27,32). The number of amides is 3. The molecule has 9 nitrogen and oxygen atoms in total. The van der Waals surface area contributed by atoms with Crippen molar-refractivity contribution < 1.29 is 23.2 Å². The van der Waals surface area contributed by atoms with Gasteiger partial charge in [0.05, 0.1) is 12.7 Å². The number of nitrogens with one attached hydrogen (secondary N) is 1. The number of imidazole rings is 1. The quantitative estimate of drug-likeness (QED) is 0.493. The van der Waals surface area contributed by atoms with Gasteiger partial charge in [0.25, 0.3) is 5.91 Å². The van der Waals surface area contributed by atoms with Gasteiger partial charge in [-0.25, -0.2) is 28.5 Å². The number of alkyl halides is 2. The first-order valence-electron chi connectivity index (χ1n) is 10.1. The van der Waals surface area contributed by atoms with Gasteiger partial charge in [-0.2, -0.15) is 0 Å². The molecule has 0 atom stereocenters. The van der Waals surface area contributed by atoms with Gasteiger partial charge < -0.3 is 5.32 Å². The van der Waals surface area contributed by atoms with Gasteiger partial charge in [0.1, 0.15) is 23.7 Å². The first-order chi connectivity index (χ1) is 15.3. The summed E-state index contributed by atoms with van der Waals surface area (Å²) in [6.07, 6.45) is 3.38. The van der Waals surface area contributed by atoms with E-state index in [0.29, 0.717) is 16.7 Å². The summed E-state index contributed by atoms with van der Waals surface area (Å²) in [6, 6.07) is 5.86. The average Bonchev–Trinajstić information content (AvgIpc) is 3.31. The molecule has 2 aliphatic rings. The van der Waals surface area contributed by atoms with E-state index >= 15 is 0 Å². The molecule has 2 aromatic heterocycles. The highest BCUT2D eigenvalue weighted by molar-refractivity contribution is 6.11. The van der Waals surface area contributed by atoms with Crippen LogP contribution in [0.2, 0.25) is 0 Å². The van der Waals surface area contributed by atoms with Crippen LogP contribution in [0.4, 0.5) is 13.6 Å². The van der Waals surface area contributed by atoms with Gasteiger partial charge >= 0.3 is 6.03 Å². The van der Waals surface area contributed by atoms with E-state index in [1.54, 1.807) is 41.4 Å². The van der Waals surface area contributed by atoms with Gasteiger partial charge in [-0.15, -0.1) is 0 Å². The molecular formula is C21H18F2N6O3. The Morgan fingerprint density at radius 3 is 2.50 bits per heavy atom. The Kier molecular flexibility index (Phi) is 4.50. The van der Waals surface area contributed by atoms with Gasteiger partial charge in [0, 0.05) is 24.1 Å². The second-order valence-corrected chi connectivity index (χ2v) is 8.08. The van der Waals surface area contributed by atoms with Crippen molar-refractivity contribution in [3.05, 3.63) is 48.7 Å². The van der Waals surface area contributed by atoms with Crippen molar-refractivity contribution in [2.24, 2.45) is 0 Å². The minimum Gasteiger partial charge on any atom is -0.323 e. The van der Waals surface area contributed by atoms with Crippen molar-refractivity contribution in [1.82, 2.24) is 29.7 Å². The monoisotopic (exact) mass is 440 g/mol. The van der Waals surface area contributed by atoms with E-state index in [9.17, 15) is 23.2 Å². The SMILES string of the molecule is O=C(CN1C(=O)NC2(CCC(F)(F)CC2)C1=O)c1ccc(-n2cnc3ncncc32)cc1. The number of hydrogen-bond donors (Lipinski definition) is 1. The lowest BCUT2D eigenvalue weighted by Gasteiger charge is -2.34. The highest BCUT2D eigenvalue weighted by atomic mass is 19.3. The van der Waals surface area contributed by atoms with Crippen molar-refractivity contribution in [3.8, 4) is 5.69 Å². The van der Waals surface area contributed by atoms with E-state index in [1.165, 1.54) is 6.33 Å². The highest BCUT2D eigenvalue weighted by Crippen LogP contribution is 2.41. The summed E-state index contributed by atoms with van der Waals surface area (Å²) in [5, 5.41) is 2.54. The second-order valence-electron chi connectivity index (χ2n) is 8.08. The summed E-state index contributed by atoms with van der Waals surface area (Å²) in [7, 11) is 0. The zero-order valence-corrected chi connectivity index (χ0v) is 16.8. The summed E-state index contributed by atoms with van der Waals surface area (Å²) in [4.78, 5) is 51.0. The summed E-state index contributed by atoms with van der Waals surface area (Å²) < 4.78 is 28.8. The first-order valence-corrected chi connectivity index (χ1v) is 10.1. The molecule has 11 heteroatoms. The fraction of sp³-hybridized carbons (Fsp3) is 0.333. The molecule has 0 unspecified atom stereocenters. The van der Waals surface area contributed by atoms with E-state index in [4.69, 9.17) is 0 Å². The Morgan fingerprint density at radius 1 is 1.06 bits per heavy atom. The fourth-order valence-corrected chi connectivity index (χ4v) is 4.21. The maximum absolute atomic E-state index is 13.5. The van der Waals surface area contributed by atoms with Crippen molar-refractivity contribution in [1.29, 1.82) is 0 Å². The molecule has 164 valence electrons. The fourth-order valence-electron chi connectivity index (χ4n) is 4.21. The lowest BCUT2D eigenvalue weighted by atomic mass is 9.80. The lowest BCUT2D eigenvalue weighted by Crippen LogP contribution is -2.51. The second kappa shape index (κ2) is 7.14. The molecule has 1 saturated carbocycles. The normalized spacial score (nSPS) is 19.5. The smallest absolute Gasteiger partial charge is 0.323 e. The Morgan fingerprint density at radius 2 is 1.78 bits per heavy atom. The van der Waals surface area contributed by atoms with Crippen LogP contribution in [0.5, 0.6) is 0 Å². The third-order valence-corrected chi connectivity index (χ3v) is 6.08. The number of ketones is 1. The van der Waals surface area contributed by atoms with Crippen molar-refractivity contribution in [2.75, 3.05) is 6.54 Å². The minimum absolute atomic E-state index is 0.146. The van der Waals surface area contributed by atoms with Crippen LogP contribution in [0.15, 0.2) is 43.1 Å². The van der Waals surface area contributed by atoms with E-state index in [0.717, 1.165) is 10.6 Å². The summed E-state index contributed by atoms with van der Waals surface area (Å²) in [5.74, 6) is -3.89. The molecule has 5 rings (SSSR count). The molecular weight excluding hydrogens is 422 g/mol. The first kappa shape index (κ1) is 20.2. The Balaban J connectivity index is 1.31. The molecule has 3 amide bonds. The lowest BCUT2D eigenvalue weighted by molar-refractivity contribution is -0.135. The molecule has 3 heterocycles. The number of carbonyl (C=O) groups is 3. The number of rotatable bonds is 4. The number of Topliss-reactive ketones (excluding diaryl/α,β-unsaturated/α-hetero) is 1. The number of aromatic nitrogens is 4. The largest absolute Gasteiger partial charge is 0.325 e. The third-order valence-electron chi connectivity index (χ3n) is 6.08. The van der Waals surface area contributed by atoms with Gasteiger partial charge in [0.15, 0.2) is 11.4 Å². The molecule has 1 saturated heterocycles. The van der Waals surface area contributed by atoms with Gasteiger partial charge in [0.2, 0.25) is 5.92 Å². The van der Waals surface area contributed by atoms with Crippen LogP contribution in [0, 0.1) is 0 Å². The maximum atomic E-state index is 13.5. The highest BCUT2D eigenvalue weighted by Gasteiger charge is 2.55. The van der Waals surface area contributed by atoms with Crippen LogP contribution in [0.25, 0.3) is 16.9 Å².